The molecule has 0 aromatic heterocycles. The van der Waals surface area contributed by atoms with Crippen molar-refractivity contribution in [2.75, 3.05) is 0 Å². The van der Waals surface area contributed by atoms with E-state index in [0.717, 1.165) is 17.8 Å². The Balaban J connectivity index is 1.49. The van der Waals surface area contributed by atoms with Crippen molar-refractivity contribution in [1.29, 1.82) is 0 Å². The zero-order valence-electron chi connectivity index (χ0n) is 19.7. The summed E-state index contributed by atoms with van der Waals surface area (Å²) >= 11 is 0. The molecule has 0 N–H and O–H groups in total. The number of fused-ring (bicyclic) bond motifs is 8. The maximum absolute atomic E-state index is 6.44. The summed E-state index contributed by atoms with van der Waals surface area (Å²) in [6, 6.07) is 16.3. The fourth-order valence-corrected chi connectivity index (χ4v) is 7.27. The van der Waals surface area contributed by atoms with Crippen molar-refractivity contribution in [3.8, 4) is 11.1 Å². The van der Waals surface area contributed by atoms with Gasteiger partial charge in [-0.1, -0.05) is 49.4 Å². The molecule has 1 saturated heterocycles. The molecule has 2 bridgehead atoms. The van der Waals surface area contributed by atoms with E-state index < -0.39 is 0 Å². The molecule has 2 aromatic rings. The molecular formula is C28H35BO2. The fourth-order valence-electron chi connectivity index (χ4n) is 7.27. The lowest BCUT2D eigenvalue weighted by Gasteiger charge is -2.50. The Morgan fingerprint density at radius 1 is 0.839 bits per heavy atom. The Morgan fingerprint density at radius 2 is 1.55 bits per heavy atom. The summed E-state index contributed by atoms with van der Waals surface area (Å²) in [6.45, 7) is 11.0. The fraction of sp³-hybridized carbons (Fsp3) is 0.571. The first-order valence-corrected chi connectivity index (χ1v) is 12.3. The third-order valence-electron chi connectivity index (χ3n) is 9.43. The molecule has 2 nitrogen and oxygen atoms in total. The molecule has 1 aliphatic heterocycles. The van der Waals surface area contributed by atoms with Gasteiger partial charge in [0.15, 0.2) is 0 Å². The summed E-state index contributed by atoms with van der Waals surface area (Å²) in [5, 5.41) is 0. The van der Waals surface area contributed by atoms with Gasteiger partial charge in [-0.25, -0.2) is 0 Å². The van der Waals surface area contributed by atoms with Gasteiger partial charge >= 0.3 is 7.12 Å². The van der Waals surface area contributed by atoms with Crippen LogP contribution in [0.1, 0.15) is 77.8 Å². The van der Waals surface area contributed by atoms with Crippen molar-refractivity contribution in [1.82, 2.24) is 0 Å². The molecule has 0 amide bonds. The van der Waals surface area contributed by atoms with Gasteiger partial charge in [0.2, 0.25) is 0 Å². The lowest BCUT2D eigenvalue weighted by Crippen LogP contribution is -2.44. The molecule has 1 heterocycles. The summed E-state index contributed by atoms with van der Waals surface area (Å²) in [4.78, 5) is 0. The minimum absolute atomic E-state index is 0.163. The van der Waals surface area contributed by atoms with E-state index in [2.05, 4.69) is 77.1 Å². The van der Waals surface area contributed by atoms with E-state index in [4.69, 9.17) is 9.31 Å². The van der Waals surface area contributed by atoms with Gasteiger partial charge in [0.05, 0.1) is 11.2 Å². The quantitative estimate of drug-likeness (QED) is 0.525. The molecule has 4 unspecified atom stereocenters. The van der Waals surface area contributed by atoms with Crippen molar-refractivity contribution in [3.05, 3.63) is 53.6 Å². The number of benzene rings is 2. The second kappa shape index (κ2) is 6.48. The molecule has 3 heteroatoms. The molecule has 3 aliphatic carbocycles. The molecule has 31 heavy (non-hydrogen) atoms. The first-order valence-electron chi connectivity index (χ1n) is 12.3. The molecule has 3 fully saturated rings. The summed E-state index contributed by atoms with van der Waals surface area (Å²) < 4.78 is 12.9. The Kier molecular flexibility index (Phi) is 4.20. The number of rotatable bonds is 1. The zero-order valence-corrected chi connectivity index (χ0v) is 19.7. The summed E-state index contributed by atoms with van der Waals surface area (Å²) in [5.74, 6) is 2.50. The van der Waals surface area contributed by atoms with Crippen molar-refractivity contribution in [3.63, 3.8) is 0 Å². The van der Waals surface area contributed by atoms with Gasteiger partial charge in [0.25, 0.3) is 0 Å². The minimum atomic E-state index is -0.311. The van der Waals surface area contributed by atoms with E-state index in [1.165, 1.54) is 48.7 Å². The molecular weight excluding hydrogens is 379 g/mol. The first kappa shape index (κ1) is 20.1. The largest absolute Gasteiger partial charge is 0.494 e. The van der Waals surface area contributed by atoms with Crippen LogP contribution >= 0.6 is 0 Å². The van der Waals surface area contributed by atoms with Crippen molar-refractivity contribution >= 4 is 12.6 Å². The van der Waals surface area contributed by atoms with E-state index in [1.54, 1.807) is 11.1 Å². The van der Waals surface area contributed by atoms with Gasteiger partial charge in [-0.2, -0.15) is 0 Å². The highest BCUT2D eigenvalue weighted by Crippen LogP contribution is 2.62. The zero-order chi connectivity index (χ0) is 21.6. The lowest BCUT2D eigenvalue weighted by molar-refractivity contribution is 0.00578. The maximum atomic E-state index is 6.44. The summed E-state index contributed by atoms with van der Waals surface area (Å²) in [7, 11) is -0.294. The van der Waals surface area contributed by atoms with Crippen LogP contribution in [0, 0.1) is 17.8 Å². The van der Waals surface area contributed by atoms with E-state index in [1.807, 2.05) is 0 Å². The van der Waals surface area contributed by atoms with Crippen LogP contribution in [0.25, 0.3) is 11.1 Å². The predicted molar refractivity (Wildman–Crippen MR) is 128 cm³/mol. The highest BCUT2D eigenvalue weighted by Gasteiger charge is 2.55. The van der Waals surface area contributed by atoms with Crippen LogP contribution in [0.2, 0.25) is 0 Å². The van der Waals surface area contributed by atoms with Crippen molar-refractivity contribution in [2.45, 2.75) is 83.3 Å². The lowest BCUT2D eigenvalue weighted by atomic mass is 9.53. The van der Waals surface area contributed by atoms with Gasteiger partial charge in [-0.05, 0) is 105 Å². The molecule has 1 spiro atoms. The summed E-state index contributed by atoms with van der Waals surface area (Å²) in [5.41, 5.74) is 6.73. The Hall–Kier alpha value is -1.58. The standard InChI is InChI=1S/C28H35BO2/c1-18-14-19-12-13-28(20(15-18)16-19)24-9-7-6-8-22(24)23-11-10-21(17-25(23)28)29-30-26(2,3)27(4,5)31-29/h6-11,17-20H,12-16H2,1-5H3. The molecule has 162 valence electrons. The maximum Gasteiger partial charge on any atom is 0.494 e. The minimum Gasteiger partial charge on any atom is -0.399 e. The van der Waals surface area contributed by atoms with Crippen LogP contribution in [-0.2, 0) is 14.7 Å². The topological polar surface area (TPSA) is 18.5 Å². The van der Waals surface area contributed by atoms with Crippen LogP contribution in [0.15, 0.2) is 42.5 Å². The molecule has 4 atom stereocenters. The third kappa shape index (κ3) is 2.72. The molecule has 6 rings (SSSR count). The molecule has 0 radical (unpaired) electrons. The van der Waals surface area contributed by atoms with Crippen molar-refractivity contribution < 1.29 is 9.31 Å². The van der Waals surface area contributed by atoms with Gasteiger partial charge < -0.3 is 9.31 Å². The Morgan fingerprint density at radius 3 is 2.32 bits per heavy atom. The highest BCUT2D eigenvalue weighted by atomic mass is 16.7. The molecule has 2 saturated carbocycles. The van der Waals surface area contributed by atoms with Crippen LogP contribution in [0.4, 0.5) is 0 Å². The third-order valence-corrected chi connectivity index (χ3v) is 9.43. The summed E-state index contributed by atoms with van der Waals surface area (Å²) in [6.07, 6.45) is 6.81. The molecule has 4 aliphatic rings. The average Bonchev–Trinajstić information content (AvgIpc) is 3.12. The van der Waals surface area contributed by atoms with Crippen LogP contribution < -0.4 is 5.46 Å². The number of hydrogen-bond donors (Lipinski definition) is 0. The van der Waals surface area contributed by atoms with E-state index >= 15 is 0 Å². The average molecular weight is 414 g/mol. The van der Waals surface area contributed by atoms with Crippen LogP contribution in [0.3, 0.4) is 0 Å². The normalized spacial score (nSPS) is 34.6. The SMILES string of the molecule is CC1CC2CCC3(c4ccccc4-c4ccc(B5OC(C)(C)C(C)(C)O5)cc43)C(C1)C2. The van der Waals surface area contributed by atoms with E-state index in [-0.39, 0.29) is 23.7 Å². The predicted octanol–water partition coefficient (Wildman–Crippen LogP) is 6.10. The van der Waals surface area contributed by atoms with Gasteiger partial charge in [-0.3, -0.25) is 0 Å². The Bertz CT molecular complexity index is 1020. The highest BCUT2D eigenvalue weighted by molar-refractivity contribution is 6.62. The van der Waals surface area contributed by atoms with Gasteiger partial charge in [0, 0.05) is 5.41 Å². The van der Waals surface area contributed by atoms with Gasteiger partial charge in [0.1, 0.15) is 0 Å². The van der Waals surface area contributed by atoms with E-state index in [0.29, 0.717) is 0 Å². The number of hydrogen-bond acceptors (Lipinski definition) is 2. The van der Waals surface area contributed by atoms with Crippen LogP contribution in [0.5, 0.6) is 0 Å². The van der Waals surface area contributed by atoms with E-state index in [9.17, 15) is 0 Å². The second-order valence-corrected chi connectivity index (χ2v) is 11.8. The van der Waals surface area contributed by atoms with Crippen molar-refractivity contribution in [2.24, 2.45) is 17.8 Å². The second-order valence-electron chi connectivity index (χ2n) is 11.8. The molecule has 2 aromatic carbocycles. The monoisotopic (exact) mass is 414 g/mol. The Labute approximate surface area is 187 Å². The first-order chi connectivity index (χ1) is 14.7. The smallest absolute Gasteiger partial charge is 0.399 e. The van der Waals surface area contributed by atoms with Crippen LogP contribution in [-0.4, -0.2) is 18.3 Å². The van der Waals surface area contributed by atoms with Gasteiger partial charge in [-0.15, -0.1) is 0 Å².